The molecule has 0 saturated heterocycles. The Morgan fingerprint density at radius 1 is 1.69 bits per heavy atom. The number of aromatic nitrogens is 3. The average Bonchev–Trinajstić information content (AvgIpc) is 2.73. The summed E-state index contributed by atoms with van der Waals surface area (Å²) in [7, 11) is 0. The van der Waals surface area contributed by atoms with Gasteiger partial charge in [0.1, 0.15) is 0 Å². The molecule has 0 aliphatic carbocycles. The molecule has 1 aromatic heterocycles. The maximum Gasteiger partial charge on any atom is 0.358 e. The summed E-state index contributed by atoms with van der Waals surface area (Å²) in [6, 6.07) is 0.0717. The number of nitrogens with zero attached hydrogens (tertiary/aromatic N) is 3. The Morgan fingerprint density at radius 2 is 2.44 bits per heavy atom. The van der Waals surface area contributed by atoms with Crippen LogP contribution in [-0.2, 0) is 6.54 Å². The number of aromatic carboxylic acids is 1. The lowest BCUT2D eigenvalue weighted by Gasteiger charge is -2.13. The predicted molar refractivity (Wildman–Crippen MR) is 56.1 cm³/mol. The number of nitrogens with one attached hydrogen (secondary N) is 1. The molecule has 90 valence electrons. The fourth-order valence-electron chi connectivity index (χ4n) is 1.23. The van der Waals surface area contributed by atoms with E-state index < -0.39 is 5.97 Å². The van der Waals surface area contributed by atoms with Crippen LogP contribution in [0.5, 0.6) is 0 Å². The number of carboxylic acid groups (broad SMARTS) is 1. The van der Waals surface area contributed by atoms with E-state index >= 15 is 0 Å². The van der Waals surface area contributed by atoms with Crippen LogP contribution in [0.1, 0.15) is 23.8 Å². The quantitative estimate of drug-likeness (QED) is 0.572. The lowest BCUT2D eigenvalue weighted by atomic mass is 10.2. The Morgan fingerprint density at radius 3 is 2.94 bits per heavy atom. The monoisotopic (exact) mass is 228 g/mol. The van der Waals surface area contributed by atoms with Gasteiger partial charge >= 0.3 is 5.97 Å². The van der Waals surface area contributed by atoms with Gasteiger partial charge in [0.05, 0.1) is 19.3 Å². The van der Waals surface area contributed by atoms with E-state index in [1.807, 2.05) is 6.92 Å². The standard InChI is InChI=1S/C9H16N4O3/c1-2-7(6-14)10-3-4-13-5-8(9(15)16)11-12-13/h5,7,10,14H,2-4,6H2,1H3,(H,15,16). The van der Waals surface area contributed by atoms with Gasteiger partial charge in [-0.05, 0) is 6.42 Å². The SMILES string of the molecule is CCC(CO)NCCn1cc(C(=O)O)nn1. The van der Waals surface area contributed by atoms with Crippen LogP contribution in [0, 0.1) is 0 Å². The van der Waals surface area contributed by atoms with E-state index in [0.717, 1.165) is 6.42 Å². The molecule has 3 N–H and O–H groups in total. The summed E-state index contributed by atoms with van der Waals surface area (Å²) in [4.78, 5) is 10.5. The highest BCUT2D eigenvalue weighted by atomic mass is 16.4. The maximum atomic E-state index is 10.5. The van der Waals surface area contributed by atoms with Gasteiger partial charge in [0.2, 0.25) is 0 Å². The second-order valence-corrected chi connectivity index (χ2v) is 3.41. The third-order valence-electron chi connectivity index (χ3n) is 2.24. The molecule has 7 nitrogen and oxygen atoms in total. The van der Waals surface area contributed by atoms with Crippen molar-refractivity contribution in [1.29, 1.82) is 0 Å². The second kappa shape index (κ2) is 6.19. The molecule has 0 bridgehead atoms. The van der Waals surface area contributed by atoms with E-state index in [2.05, 4.69) is 15.6 Å². The van der Waals surface area contributed by atoms with Gasteiger partial charge in [0.25, 0.3) is 0 Å². The first kappa shape index (κ1) is 12.6. The van der Waals surface area contributed by atoms with Crippen LogP contribution in [-0.4, -0.2) is 50.4 Å². The zero-order valence-corrected chi connectivity index (χ0v) is 9.13. The van der Waals surface area contributed by atoms with Crippen molar-refractivity contribution in [2.24, 2.45) is 0 Å². The first-order valence-electron chi connectivity index (χ1n) is 5.15. The van der Waals surface area contributed by atoms with Crippen LogP contribution in [0.25, 0.3) is 0 Å². The number of hydrogen-bond acceptors (Lipinski definition) is 5. The summed E-state index contributed by atoms with van der Waals surface area (Å²) in [6.07, 6.45) is 2.22. The Labute approximate surface area is 93.1 Å². The van der Waals surface area contributed by atoms with Crippen LogP contribution in [0.3, 0.4) is 0 Å². The summed E-state index contributed by atoms with van der Waals surface area (Å²) in [5.41, 5.74) is -0.0609. The second-order valence-electron chi connectivity index (χ2n) is 3.41. The van der Waals surface area contributed by atoms with E-state index in [4.69, 9.17) is 10.2 Å². The van der Waals surface area contributed by atoms with Crippen molar-refractivity contribution in [2.75, 3.05) is 13.2 Å². The van der Waals surface area contributed by atoms with Crippen molar-refractivity contribution < 1.29 is 15.0 Å². The van der Waals surface area contributed by atoms with E-state index in [1.54, 1.807) is 0 Å². The molecule has 0 aliphatic heterocycles. The minimum absolute atomic E-state index is 0.0609. The molecule has 7 heteroatoms. The fraction of sp³-hybridized carbons (Fsp3) is 0.667. The molecule has 0 aromatic carbocycles. The van der Waals surface area contributed by atoms with Crippen LogP contribution < -0.4 is 5.32 Å². The summed E-state index contributed by atoms with van der Waals surface area (Å²) in [5, 5.41) is 27.8. The molecule has 0 saturated carbocycles. The molecule has 0 radical (unpaired) electrons. The Balaban J connectivity index is 2.34. The van der Waals surface area contributed by atoms with Crippen LogP contribution >= 0.6 is 0 Å². The van der Waals surface area contributed by atoms with E-state index in [-0.39, 0.29) is 18.3 Å². The van der Waals surface area contributed by atoms with Gasteiger partial charge in [0, 0.05) is 12.6 Å². The topological polar surface area (TPSA) is 100 Å². The first-order valence-corrected chi connectivity index (χ1v) is 5.15. The maximum absolute atomic E-state index is 10.5. The third-order valence-corrected chi connectivity index (χ3v) is 2.24. The molecule has 1 rings (SSSR count). The molecule has 1 atom stereocenters. The van der Waals surface area contributed by atoms with Gasteiger partial charge in [-0.25, -0.2) is 4.79 Å². The predicted octanol–water partition coefficient (Wildman–Crippen LogP) is -0.663. The molecule has 0 spiro atoms. The Kier molecular flexibility index (Phi) is 4.87. The minimum Gasteiger partial charge on any atom is -0.476 e. The summed E-state index contributed by atoms with van der Waals surface area (Å²) in [5.74, 6) is -1.08. The fourth-order valence-corrected chi connectivity index (χ4v) is 1.23. The Hall–Kier alpha value is -1.47. The highest BCUT2D eigenvalue weighted by Crippen LogP contribution is 1.93. The number of carboxylic acids is 1. The van der Waals surface area contributed by atoms with Gasteiger partial charge in [-0.2, -0.15) is 0 Å². The summed E-state index contributed by atoms with van der Waals surface area (Å²) >= 11 is 0. The highest BCUT2D eigenvalue weighted by molar-refractivity contribution is 5.84. The molecule has 0 aliphatic rings. The first-order chi connectivity index (χ1) is 7.67. The molecular weight excluding hydrogens is 212 g/mol. The van der Waals surface area contributed by atoms with Crippen molar-refractivity contribution >= 4 is 5.97 Å². The molecule has 1 unspecified atom stereocenters. The van der Waals surface area contributed by atoms with Gasteiger partial charge < -0.3 is 15.5 Å². The van der Waals surface area contributed by atoms with Gasteiger partial charge in [-0.1, -0.05) is 12.1 Å². The molecule has 0 fully saturated rings. The van der Waals surface area contributed by atoms with Gasteiger partial charge in [-0.15, -0.1) is 5.10 Å². The molecular formula is C9H16N4O3. The Bertz CT molecular complexity index is 335. The molecule has 0 amide bonds. The molecule has 1 aromatic rings. The average molecular weight is 228 g/mol. The van der Waals surface area contributed by atoms with Crippen LogP contribution in [0.2, 0.25) is 0 Å². The van der Waals surface area contributed by atoms with E-state index in [1.165, 1.54) is 10.9 Å². The summed E-state index contributed by atoms with van der Waals surface area (Å²) in [6.45, 7) is 3.21. The van der Waals surface area contributed by atoms with E-state index in [0.29, 0.717) is 13.1 Å². The third kappa shape index (κ3) is 3.59. The van der Waals surface area contributed by atoms with Crippen molar-refractivity contribution in [3.63, 3.8) is 0 Å². The van der Waals surface area contributed by atoms with Crippen LogP contribution in [0.4, 0.5) is 0 Å². The van der Waals surface area contributed by atoms with Crippen molar-refractivity contribution in [3.8, 4) is 0 Å². The summed E-state index contributed by atoms with van der Waals surface area (Å²) < 4.78 is 1.46. The van der Waals surface area contributed by atoms with Crippen LogP contribution in [0.15, 0.2) is 6.20 Å². The number of aliphatic hydroxyl groups is 1. The largest absolute Gasteiger partial charge is 0.476 e. The van der Waals surface area contributed by atoms with Crippen molar-refractivity contribution in [1.82, 2.24) is 20.3 Å². The lowest BCUT2D eigenvalue weighted by molar-refractivity contribution is 0.0690. The highest BCUT2D eigenvalue weighted by Gasteiger charge is 2.08. The number of hydrogen-bond donors (Lipinski definition) is 3. The normalized spacial score (nSPS) is 12.6. The van der Waals surface area contributed by atoms with E-state index in [9.17, 15) is 4.79 Å². The smallest absolute Gasteiger partial charge is 0.358 e. The zero-order valence-electron chi connectivity index (χ0n) is 9.13. The van der Waals surface area contributed by atoms with Gasteiger partial charge in [0.15, 0.2) is 5.69 Å². The number of carbonyl (C=O) groups is 1. The number of aliphatic hydroxyl groups excluding tert-OH is 1. The molecule has 1 heterocycles. The molecule has 16 heavy (non-hydrogen) atoms. The zero-order chi connectivity index (χ0) is 12.0. The minimum atomic E-state index is -1.08. The number of rotatable bonds is 7. The van der Waals surface area contributed by atoms with Crippen molar-refractivity contribution in [2.45, 2.75) is 25.9 Å². The lowest BCUT2D eigenvalue weighted by Crippen LogP contribution is -2.34. The van der Waals surface area contributed by atoms with Crippen molar-refractivity contribution in [3.05, 3.63) is 11.9 Å². The van der Waals surface area contributed by atoms with Gasteiger partial charge in [-0.3, -0.25) is 4.68 Å².